The summed E-state index contributed by atoms with van der Waals surface area (Å²) in [5.74, 6) is 0.679. The molecule has 4 heteroatoms. The third-order valence-electron chi connectivity index (χ3n) is 2.99. The highest BCUT2D eigenvalue weighted by molar-refractivity contribution is 7.99. The van der Waals surface area contributed by atoms with E-state index >= 15 is 0 Å². The predicted octanol–water partition coefficient (Wildman–Crippen LogP) is 4.92. The fourth-order valence-electron chi connectivity index (χ4n) is 1.92. The highest BCUT2D eigenvalue weighted by atomic mass is 35.5. The molecule has 0 heterocycles. The van der Waals surface area contributed by atoms with Crippen LogP contribution in [0.15, 0.2) is 53.4 Å². The molecule has 0 aromatic heterocycles. The van der Waals surface area contributed by atoms with Crippen molar-refractivity contribution in [2.45, 2.75) is 17.9 Å². The first-order valence-corrected chi connectivity index (χ1v) is 7.89. The Morgan fingerprint density at radius 3 is 2.65 bits per heavy atom. The Balaban J connectivity index is 1.79. The van der Waals surface area contributed by atoms with Gasteiger partial charge in [-0.1, -0.05) is 35.9 Å². The van der Waals surface area contributed by atoms with Gasteiger partial charge in [-0.2, -0.15) is 0 Å². The molecule has 1 unspecified atom stereocenters. The molecule has 0 fully saturated rings. The number of hydrogen-bond donors (Lipinski definition) is 1. The van der Waals surface area contributed by atoms with Crippen LogP contribution in [0.4, 0.5) is 4.39 Å². The molecule has 0 amide bonds. The first-order chi connectivity index (χ1) is 9.66. The molecule has 106 valence electrons. The third kappa shape index (κ3) is 4.51. The van der Waals surface area contributed by atoms with Gasteiger partial charge >= 0.3 is 0 Å². The molecule has 0 aliphatic rings. The van der Waals surface area contributed by atoms with Crippen molar-refractivity contribution < 1.29 is 4.39 Å². The molecule has 0 saturated heterocycles. The van der Waals surface area contributed by atoms with E-state index in [2.05, 4.69) is 17.4 Å². The maximum atomic E-state index is 13.0. The van der Waals surface area contributed by atoms with E-state index < -0.39 is 0 Å². The molecule has 20 heavy (non-hydrogen) atoms. The van der Waals surface area contributed by atoms with Gasteiger partial charge < -0.3 is 5.32 Å². The number of nitrogens with one attached hydrogen (secondary N) is 1. The van der Waals surface area contributed by atoms with Crippen LogP contribution in [0.2, 0.25) is 5.02 Å². The average molecular weight is 310 g/mol. The van der Waals surface area contributed by atoms with Crippen LogP contribution in [-0.4, -0.2) is 12.3 Å². The fourth-order valence-corrected chi connectivity index (χ4v) is 3.06. The predicted molar refractivity (Wildman–Crippen MR) is 85.0 cm³/mol. The Labute approximate surface area is 128 Å². The molecule has 2 aromatic carbocycles. The lowest BCUT2D eigenvalue weighted by atomic mass is 10.1. The van der Waals surface area contributed by atoms with Gasteiger partial charge in [-0.15, -0.1) is 11.8 Å². The lowest BCUT2D eigenvalue weighted by molar-refractivity contribution is 0.594. The van der Waals surface area contributed by atoms with Crippen LogP contribution in [0.5, 0.6) is 0 Å². The van der Waals surface area contributed by atoms with Crippen molar-refractivity contribution in [1.82, 2.24) is 5.32 Å². The fraction of sp³-hybridized carbons (Fsp3) is 0.250. The van der Waals surface area contributed by atoms with Gasteiger partial charge in [-0.25, -0.2) is 4.39 Å². The van der Waals surface area contributed by atoms with Crippen LogP contribution >= 0.6 is 23.4 Å². The van der Waals surface area contributed by atoms with Gasteiger partial charge in [0.25, 0.3) is 0 Å². The van der Waals surface area contributed by atoms with Crippen LogP contribution in [0, 0.1) is 5.82 Å². The molecule has 1 atom stereocenters. The maximum Gasteiger partial charge on any atom is 0.124 e. The highest BCUT2D eigenvalue weighted by Crippen LogP contribution is 2.24. The Morgan fingerprint density at radius 1 is 1.20 bits per heavy atom. The van der Waals surface area contributed by atoms with Gasteiger partial charge in [0, 0.05) is 28.3 Å². The summed E-state index contributed by atoms with van der Waals surface area (Å²) in [6.07, 6.45) is 0. The Morgan fingerprint density at radius 2 is 1.95 bits per heavy atom. The van der Waals surface area contributed by atoms with E-state index in [1.54, 1.807) is 6.07 Å². The Hall–Kier alpha value is -1.03. The summed E-state index contributed by atoms with van der Waals surface area (Å²) in [4.78, 5) is 1.27. The van der Waals surface area contributed by atoms with Gasteiger partial charge in [-0.3, -0.25) is 0 Å². The van der Waals surface area contributed by atoms with E-state index in [1.165, 1.54) is 17.0 Å². The zero-order valence-electron chi connectivity index (χ0n) is 11.3. The molecule has 0 radical (unpaired) electrons. The highest BCUT2D eigenvalue weighted by Gasteiger charge is 2.09. The zero-order chi connectivity index (χ0) is 14.4. The molecular weight excluding hydrogens is 293 g/mol. The Kier molecular flexibility index (Phi) is 5.89. The van der Waals surface area contributed by atoms with E-state index in [-0.39, 0.29) is 11.9 Å². The average Bonchev–Trinajstić information content (AvgIpc) is 2.44. The van der Waals surface area contributed by atoms with Crippen LogP contribution in [0.3, 0.4) is 0 Å². The minimum atomic E-state index is -0.300. The number of rotatable bonds is 6. The topological polar surface area (TPSA) is 12.0 Å². The summed E-state index contributed by atoms with van der Waals surface area (Å²) in [5, 5.41) is 3.87. The van der Waals surface area contributed by atoms with Crippen LogP contribution < -0.4 is 5.32 Å². The summed E-state index contributed by atoms with van der Waals surface area (Å²) in [6, 6.07) is 14.9. The molecule has 1 nitrogen and oxygen atoms in total. The quantitative estimate of drug-likeness (QED) is 0.600. The zero-order valence-corrected chi connectivity index (χ0v) is 12.8. The molecule has 2 aromatic rings. The van der Waals surface area contributed by atoms with Crippen molar-refractivity contribution in [1.29, 1.82) is 0 Å². The summed E-state index contributed by atoms with van der Waals surface area (Å²) >= 11 is 7.86. The molecule has 2 rings (SSSR count). The monoisotopic (exact) mass is 309 g/mol. The molecule has 0 aliphatic heterocycles. The number of benzene rings is 2. The van der Waals surface area contributed by atoms with Gasteiger partial charge in [-0.05, 0) is 36.8 Å². The standard InChI is InChI=1S/C16H17ClFNS/c1-12(15-8-7-13(18)11-16(15)17)19-9-10-20-14-5-3-2-4-6-14/h2-8,11-12,19H,9-10H2,1H3. The van der Waals surface area contributed by atoms with Gasteiger partial charge in [0.05, 0.1) is 0 Å². The second-order valence-electron chi connectivity index (χ2n) is 4.50. The summed E-state index contributed by atoms with van der Waals surface area (Å²) in [5.41, 5.74) is 0.928. The minimum Gasteiger partial charge on any atom is -0.309 e. The van der Waals surface area contributed by atoms with E-state index in [1.807, 2.05) is 36.9 Å². The van der Waals surface area contributed by atoms with Crippen molar-refractivity contribution >= 4 is 23.4 Å². The first kappa shape index (κ1) is 15.4. The van der Waals surface area contributed by atoms with Crippen molar-refractivity contribution in [3.8, 4) is 0 Å². The molecule has 0 spiro atoms. The number of halogens is 2. The summed E-state index contributed by atoms with van der Waals surface area (Å²) in [6.45, 7) is 2.90. The molecule has 0 bridgehead atoms. The third-order valence-corrected chi connectivity index (χ3v) is 4.33. The maximum absolute atomic E-state index is 13.0. The summed E-state index contributed by atoms with van der Waals surface area (Å²) < 4.78 is 13.0. The van der Waals surface area contributed by atoms with Crippen LogP contribution in [0.1, 0.15) is 18.5 Å². The van der Waals surface area contributed by atoms with Crippen molar-refractivity contribution in [2.24, 2.45) is 0 Å². The largest absolute Gasteiger partial charge is 0.309 e. The van der Waals surface area contributed by atoms with Gasteiger partial charge in [0.2, 0.25) is 0 Å². The molecule has 0 aliphatic carbocycles. The van der Waals surface area contributed by atoms with E-state index in [4.69, 9.17) is 11.6 Å². The van der Waals surface area contributed by atoms with Crippen molar-refractivity contribution in [3.05, 3.63) is 64.9 Å². The normalized spacial score (nSPS) is 12.3. The van der Waals surface area contributed by atoms with Crippen molar-refractivity contribution in [3.63, 3.8) is 0 Å². The van der Waals surface area contributed by atoms with Gasteiger partial charge in [0.15, 0.2) is 0 Å². The lowest BCUT2D eigenvalue weighted by Crippen LogP contribution is -2.21. The minimum absolute atomic E-state index is 0.111. The van der Waals surface area contributed by atoms with Gasteiger partial charge in [0.1, 0.15) is 5.82 Å². The second kappa shape index (κ2) is 7.67. The summed E-state index contributed by atoms with van der Waals surface area (Å²) in [7, 11) is 0. The number of thioether (sulfide) groups is 1. The lowest BCUT2D eigenvalue weighted by Gasteiger charge is -2.15. The van der Waals surface area contributed by atoms with E-state index in [0.29, 0.717) is 5.02 Å². The molecule has 1 N–H and O–H groups in total. The molecular formula is C16H17ClFNS. The van der Waals surface area contributed by atoms with Crippen LogP contribution in [0.25, 0.3) is 0 Å². The number of hydrogen-bond acceptors (Lipinski definition) is 2. The second-order valence-corrected chi connectivity index (χ2v) is 6.08. The first-order valence-electron chi connectivity index (χ1n) is 6.53. The van der Waals surface area contributed by atoms with E-state index in [0.717, 1.165) is 17.9 Å². The Bertz CT molecular complexity index is 547. The molecule has 0 saturated carbocycles. The van der Waals surface area contributed by atoms with Crippen molar-refractivity contribution in [2.75, 3.05) is 12.3 Å². The van der Waals surface area contributed by atoms with Crippen LogP contribution in [-0.2, 0) is 0 Å². The smallest absolute Gasteiger partial charge is 0.124 e. The SMILES string of the molecule is CC(NCCSc1ccccc1)c1ccc(F)cc1Cl. The van der Waals surface area contributed by atoms with E-state index in [9.17, 15) is 4.39 Å².